The average Bonchev–Trinajstić information content (AvgIpc) is 3.13. The fraction of sp³-hybridized carbons (Fsp3) is 0.667. The number of anilines is 2. The zero-order valence-electron chi connectivity index (χ0n) is 14.9. The molecule has 0 aromatic carbocycles. The molecule has 1 fully saturated rings. The molecule has 0 amide bonds. The summed E-state index contributed by atoms with van der Waals surface area (Å²) in [7, 11) is 3.61. The summed E-state index contributed by atoms with van der Waals surface area (Å²) in [5.41, 5.74) is 12.2. The molecule has 11 heteroatoms. The van der Waals surface area contributed by atoms with E-state index in [0.29, 0.717) is 30.2 Å². The van der Waals surface area contributed by atoms with Gasteiger partial charge in [0.15, 0.2) is 23.2 Å². The Morgan fingerprint density at radius 3 is 2.81 bits per heavy atom. The van der Waals surface area contributed by atoms with E-state index in [-0.39, 0.29) is 5.82 Å². The van der Waals surface area contributed by atoms with Crippen LogP contribution in [0.4, 0.5) is 11.8 Å². The zero-order chi connectivity index (χ0) is 18.8. The van der Waals surface area contributed by atoms with E-state index in [0.717, 1.165) is 13.0 Å². The number of hydrogen-bond acceptors (Lipinski definition) is 10. The molecule has 26 heavy (non-hydrogen) atoms. The lowest BCUT2D eigenvalue weighted by atomic mass is 10.1. The Hall–Kier alpha value is -2.05. The van der Waals surface area contributed by atoms with Gasteiger partial charge in [-0.05, 0) is 26.6 Å². The zero-order valence-corrected chi connectivity index (χ0v) is 14.9. The van der Waals surface area contributed by atoms with Gasteiger partial charge in [-0.2, -0.15) is 0 Å². The average molecular weight is 366 g/mol. The first-order valence-electron chi connectivity index (χ1n) is 8.54. The fourth-order valence-electron chi connectivity index (χ4n) is 3.20. The summed E-state index contributed by atoms with van der Waals surface area (Å²) < 4.78 is 7.58. The van der Waals surface area contributed by atoms with Crippen LogP contribution in [0.3, 0.4) is 0 Å². The highest BCUT2D eigenvalue weighted by Crippen LogP contribution is 2.35. The van der Waals surface area contributed by atoms with Gasteiger partial charge in [-0.3, -0.25) is 4.57 Å². The minimum atomic E-state index is -1.14. The number of aliphatic hydroxyl groups is 2. The molecule has 1 aliphatic rings. The third-order valence-electron chi connectivity index (χ3n) is 4.56. The van der Waals surface area contributed by atoms with Crippen LogP contribution in [-0.2, 0) is 4.74 Å². The predicted molar refractivity (Wildman–Crippen MR) is 96.4 cm³/mol. The molecule has 0 bridgehead atoms. The molecule has 7 N–H and O–H groups in total. The maximum atomic E-state index is 10.6. The molecule has 0 spiro atoms. The van der Waals surface area contributed by atoms with E-state index in [1.54, 1.807) is 11.6 Å². The number of ether oxygens (including phenoxy) is 1. The molecule has 0 unspecified atom stereocenters. The number of imidazole rings is 1. The first-order chi connectivity index (χ1) is 12.5. The van der Waals surface area contributed by atoms with E-state index in [2.05, 4.69) is 20.3 Å². The summed E-state index contributed by atoms with van der Waals surface area (Å²) in [6.45, 7) is 1.84. The van der Waals surface area contributed by atoms with Gasteiger partial charge in [0, 0.05) is 13.6 Å². The second kappa shape index (κ2) is 7.68. The normalized spacial score (nSPS) is 26.1. The van der Waals surface area contributed by atoms with Crippen molar-refractivity contribution < 1.29 is 14.9 Å². The lowest BCUT2D eigenvalue weighted by molar-refractivity contribution is -0.0410. The Labute approximate surface area is 151 Å². The van der Waals surface area contributed by atoms with E-state index >= 15 is 0 Å². The van der Waals surface area contributed by atoms with Crippen molar-refractivity contribution in [2.24, 2.45) is 5.73 Å². The molecule has 0 aliphatic carbocycles. The van der Waals surface area contributed by atoms with Gasteiger partial charge < -0.3 is 36.6 Å². The monoisotopic (exact) mass is 366 g/mol. The van der Waals surface area contributed by atoms with Crippen molar-refractivity contribution in [3.8, 4) is 0 Å². The van der Waals surface area contributed by atoms with Gasteiger partial charge in [0.25, 0.3) is 0 Å². The number of aromatic nitrogens is 4. The maximum Gasteiger partial charge on any atom is 0.207 e. The molecular weight excluding hydrogens is 340 g/mol. The van der Waals surface area contributed by atoms with Gasteiger partial charge in [0.2, 0.25) is 5.95 Å². The standard InChI is InChI=1S/C15H26N8O3/c1-18-15-21-9-12(17)19-7-20-13(9)23(15)14-11(25)10(24)8(26-14)6-22(2)5-3-4-16/h7-8,10-11,14,24-25H,3-6,16H2,1-2H3,(H,18,21)(H2,17,19,20)/t8-,10-,11-,14-/m1/s1. The smallest absolute Gasteiger partial charge is 0.207 e. The van der Waals surface area contributed by atoms with Crippen LogP contribution in [0.2, 0.25) is 0 Å². The summed E-state index contributed by atoms with van der Waals surface area (Å²) in [5.74, 6) is 0.650. The molecule has 1 saturated heterocycles. The largest absolute Gasteiger partial charge is 0.387 e. The Morgan fingerprint density at radius 1 is 1.35 bits per heavy atom. The Balaban J connectivity index is 1.88. The van der Waals surface area contributed by atoms with Crippen molar-refractivity contribution in [3.63, 3.8) is 0 Å². The Morgan fingerprint density at radius 2 is 2.12 bits per heavy atom. The molecule has 3 rings (SSSR count). The third kappa shape index (κ3) is 3.31. The lowest BCUT2D eigenvalue weighted by Crippen LogP contribution is -2.39. The van der Waals surface area contributed by atoms with Crippen molar-refractivity contribution in [2.75, 3.05) is 44.8 Å². The van der Waals surface area contributed by atoms with Crippen molar-refractivity contribution in [1.29, 1.82) is 0 Å². The van der Waals surface area contributed by atoms with Crippen LogP contribution in [0, 0.1) is 0 Å². The predicted octanol–water partition coefficient (Wildman–Crippen LogP) is -1.65. The molecule has 3 heterocycles. The molecule has 144 valence electrons. The minimum Gasteiger partial charge on any atom is -0.387 e. The number of nitrogens with one attached hydrogen (secondary N) is 1. The van der Waals surface area contributed by atoms with Crippen LogP contribution in [-0.4, -0.2) is 86.7 Å². The molecule has 11 nitrogen and oxygen atoms in total. The Kier molecular flexibility index (Phi) is 5.53. The number of nitrogen functional groups attached to an aromatic ring is 1. The highest BCUT2D eigenvalue weighted by molar-refractivity contribution is 5.84. The van der Waals surface area contributed by atoms with Crippen LogP contribution in [0.15, 0.2) is 6.33 Å². The van der Waals surface area contributed by atoms with Gasteiger partial charge >= 0.3 is 0 Å². The highest BCUT2D eigenvalue weighted by atomic mass is 16.6. The number of nitrogens with zero attached hydrogens (tertiary/aromatic N) is 5. The van der Waals surface area contributed by atoms with Crippen LogP contribution in [0.5, 0.6) is 0 Å². The summed E-state index contributed by atoms with van der Waals surface area (Å²) in [6, 6.07) is 0. The van der Waals surface area contributed by atoms with E-state index in [9.17, 15) is 10.2 Å². The van der Waals surface area contributed by atoms with Crippen molar-refractivity contribution in [2.45, 2.75) is 31.0 Å². The quantitative estimate of drug-likeness (QED) is 0.384. The van der Waals surface area contributed by atoms with E-state index in [1.807, 2.05) is 11.9 Å². The number of hydrogen-bond donors (Lipinski definition) is 5. The lowest BCUT2D eigenvalue weighted by Gasteiger charge is -2.22. The third-order valence-corrected chi connectivity index (χ3v) is 4.56. The number of likely N-dealkylation sites (N-methyl/N-ethyl adjacent to an activating group) is 1. The van der Waals surface area contributed by atoms with Gasteiger partial charge in [-0.15, -0.1) is 0 Å². The molecule has 4 atom stereocenters. The minimum absolute atomic E-state index is 0.233. The Bertz CT molecular complexity index is 754. The summed E-state index contributed by atoms with van der Waals surface area (Å²) >= 11 is 0. The van der Waals surface area contributed by atoms with E-state index < -0.39 is 24.5 Å². The van der Waals surface area contributed by atoms with Crippen LogP contribution < -0.4 is 16.8 Å². The first-order valence-corrected chi connectivity index (χ1v) is 8.54. The number of aliphatic hydroxyl groups excluding tert-OH is 2. The first kappa shape index (κ1) is 18.7. The molecule has 0 saturated carbocycles. The fourth-order valence-corrected chi connectivity index (χ4v) is 3.20. The highest BCUT2D eigenvalue weighted by Gasteiger charge is 2.45. The molecule has 0 radical (unpaired) electrons. The van der Waals surface area contributed by atoms with Crippen molar-refractivity contribution in [3.05, 3.63) is 6.33 Å². The second-order valence-electron chi connectivity index (χ2n) is 6.44. The van der Waals surface area contributed by atoms with Gasteiger partial charge in [-0.1, -0.05) is 0 Å². The molecule has 2 aromatic rings. The SMILES string of the molecule is CNc1nc2c(N)ncnc2n1[C@@H]1O[C@H](CN(C)CCCN)[C@@H](O)[C@H]1O. The molecular formula is C15H26N8O3. The van der Waals surface area contributed by atoms with Gasteiger partial charge in [-0.25, -0.2) is 15.0 Å². The van der Waals surface area contributed by atoms with Crippen molar-refractivity contribution >= 4 is 22.9 Å². The number of nitrogens with two attached hydrogens (primary N) is 2. The van der Waals surface area contributed by atoms with Crippen LogP contribution in [0.25, 0.3) is 11.2 Å². The van der Waals surface area contributed by atoms with Gasteiger partial charge in [0.1, 0.15) is 24.6 Å². The summed E-state index contributed by atoms with van der Waals surface area (Å²) in [6.07, 6.45) is -1.41. The van der Waals surface area contributed by atoms with Crippen LogP contribution in [0.1, 0.15) is 12.6 Å². The molecule has 1 aliphatic heterocycles. The topological polar surface area (TPSA) is 161 Å². The van der Waals surface area contributed by atoms with Crippen LogP contribution >= 0.6 is 0 Å². The number of fused-ring (bicyclic) bond motifs is 1. The summed E-state index contributed by atoms with van der Waals surface area (Å²) in [4.78, 5) is 14.5. The van der Waals surface area contributed by atoms with Gasteiger partial charge in [0.05, 0.1) is 0 Å². The van der Waals surface area contributed by atoms with E-state index in [4.69, 9.17) is 16.2 Å². The number of rotatable bonds is 7. The van der Waals surface area contributed by atoms with E-state index in [1.165, 1.54) is 6.33 Å². The summed E-state index contributed by atoms with van der Waals surface area (Å²) in [5, 5.41) is 24.0. The van der Waals surface area contributed by atoms with Crippen molar-refractivity contribution in [1.82, 2.24) is 24.4 Å². The maximum absolute atomic E-state index is 10.6. The molecule has 2 aromatic heterocycles. The second-order valence-corrected chi connectivity index (χ2v) is 6.44.